The third-order valence-corrected chi connectivity index (χ3v) is 6.41. The Morgan fingerprint density at radius 3 is 2.31 bits per heavy atom. The Morgan fingerprint density at radius 2 is 1.66 bits per heavy atom. The standard InChI is InChI=1S/C21H14F5NO2/c22-12-7-11(10-27)8-13(9-12)29-15-2-1-14-16-17(15)18(3-4-18)5-6-19(16,28)21(25,26)20(14,23)24/h1-2,7-9,28H,3-6H2. The molecule has 0 heterocycles. The minimum absolute atomic E-state index is 0.00879. The van der Waals surface area contributed by atoms with Crippen molar-refractivity contribution in [1.29, 1.82) is 5.26 Å². The maximum absolute atomic E-state index is 14.6. The van der Waals surface area contributed by atoms with Crippen molar-refractivity contribution in [3.8, 4) is 17.6 Å². The Morgan fingerprint density at radius 1 is 0.966 bits per heavy atom. The van der Waals surface area contributed by atoms with Gasteiger partial charge in [-0.05, 0) is 55.4 Å². The number of aliphatic hydroxyl groups is 1. The smallest absolute Gasteiger partial charge is 0.346 e. The van der Waals surface area contributed by atoms with Gasteiger partial charge in [-0.3, -0.25) is 0 Å². The molecule has 1 saturated carbocycles. The molecule has 0 radical (unpaired) electrons. The first-order valence-corrected chi connectivity index (χ1v) is 9.11. The molecule has 1 atom stereocenters. The van der Waals surface area contributed by atoms with Crippen LogP contribution in [0.1, 0.15) is 47.9 Å². The Bertz CT molecular complexity index is 1100. The summed E-state index contributed by atoms with van der Waals surface area (Å²) in [5, 5.41) is 19.7. The Labute approximate surface area is 162 Å². The van der Waals surface area contributed by atoms with Crippen LogP contribution in [0.2, 0.25) is 0 Å². The fourth-order valence-corrected chi connectivity index (χ4v) is 4.76. The third kappa shape index (κ3) is 2.14. The number of halogens is 5. The summed E-state index contributed by atoms with van der Waals surface area (Å²) in [6.07, 6.45) is 0.839. The van der Waals surface area contributed by atoms with Gasteiger partial charge in [0.1, 0.15) is 17.3 Å². The monoisotopic (exact) mass is 407 g/mol. The van der Waals surface area contributed by atoms with Crippen molar-refractivity contribution >= 4 is 0 Å². The quantitative estimate of drug-likeness (QED) is 0.693. The van der Waals surface area contributed by atoms with Crippen LogP contribution in [0.3, 0.4) is 0 Å². The van der Waals surface area contributed by atoms with Crippen LogP contribution in [-0.4, -0.2) is 11.0 Å². The Hall–Kier alpha value is -2.66. The van der Waals surface area contributed by atoms with Gasteiger partial charge in [0.2, 0.25) is 0 Å². The summed E-state index contributed by atoms with van der Waals surface area (Å²) in [4.78, 5) is 0. The van der Waals surface area contributed by atoms with E-state index in [0.717, 1.165) is 24.3 Å². The van der Waals surface area contributed by atoms with Gasteiger partial charge in [-0.2, -0.15) is 22.8 Å². The number of nitrogens with zero attached hydrogens (tertiary/aromatic N) is 1. The number of hydrogen-bond donors (Lipinski definition) is 1. The van der Waals surface area contributed by atoms with E-state index < -0.39 is 46.2 Å². The summed E-state index contributed by atoms with van der Waals surface area (Å²) >= 11 is 0. The average molecular weight is 407 g/mol. The second-order valence-corrected chi connectivity index (χ2v) is 8.04. The fourth-order valence-electron chi connectivity index (χ4n) is 4.76. The molecule has 3 nitrogen and oxygen atoms in total. The number of fused-ring (bicyclic) bond motifs is 1. The Balaban J connectivity index is 1.73. The van der Waals surface area contributed by atoms with E-state index in [2.05, 4.69) is 0 Å². The number of nitriles is 1. The zero-order valence-corrected chi connectivity index (χ0v) is 14.9. The van der Waals surface area contributed by atoms with Gasteiger partial charge in [0, 0.05) is 22.8 Å². The van der Waals surface area contributed by atoms with E-state index in [0.29, 0.717) is 12.8 Å². The van der Waals surface area contributed by atoms with Gasteiger partial charge < -0.3 is 9.84 Å². The molecule has 2 aromatic rings. The summed E-state index contributed by atoms with van der Waals surface area (Å²) in [5.74, 6) is -9.94. The van der Waals surface area contributed by atoms with Gasteiger partial charge in [0.15, 0.2) is 5.60 Å². The minimum Gasteiger partial charge on any atom is -0.457 e. The van der Waals surface area contributed by atoms with Crippen molar-refractivity contribution in [2.24, 2.45) is 0 Å². The highest BCUT2D eigenvalue weighted by Gasteiger charge is 2.78. The highest BCUT2D eigenvalue weighted by atomic mass is 19.3. The molecule has 1 unspecified atom stereocenters. The maximum atomic E-state index is 14.6. The van der Waals surface area contributed by atoms with Gasteiger partial charge in [-0.15, -0.1) is 0 Å². The van der Waals surface area contributed by atoms with Crippen LogP contribution in [0.15, 0.2) is 30.3 Å². The van der Waals surface area contributed by atoms with Crippen molar-refractivity contribution in [3.05, 3.63) is 58.4 Å². The molecule has 0 saturated heterocycles. The van der Waals surface area contributed by atoms with E-state index in [-0.39, 0.29) is 29.0 Å². The highest BCUT2D eigenvalue weighted by molar-refractivity contribution is 5.62. The SMILES string of the molecule is N#Cc1cc(F)cc(Oc2ccc3c4c2C2(CC2)CCC4(O)C(F)(F)C3(F)F)c1. The summed E-state index contributed by atoms with van der Waals surface area (Å²) in [5.41, 5.74) is -4.84. The van der Waals surface area contributed by atoms with Crippen LogP contribution in [-0.2, 0) is 16.9 Å². The van der Waals surface area contributed by atoms with Gasteiger partial charge in [0.25, 0.3) is 0 Å². The van der Waals surface area contributed by atoms with Crippen molar-refractivity contribution in [1.82, 2.24) is 0 Å². The first-order valence-electron chi connectivity index (χ1n) is 9.11. The molecule has 29 heavy (non-hydrogen) atoms. The molecular weight excluding hydrogens is 393 g/mol. The summed E-state index contributed by atoms with van der Waals surface area (Å²) in [6.45, 7) is 0. The number of hydrogen-bond acceptors (Lipinski definition) is 3. The summed E-state index contributed by atoms with van der Waals surface area (Å²) < 4.78 is 77.8. The molecule has 0 aromatic heterocycles. The average Bonchev–Trinajstić information content (AvgIpc) is 3.42. The van der Waals surface area contributed by atoms with Crippen LogP contribution in [0.25, 0.3) is 0 Å². The van der Waals surface area contributed by atoms with Crippen LogP contribution < -0.4 is 4.74 Å². The van der Waals surface area contributed by atoms with Crippen molar-refractivity contribution in [2.75, 3.05) is 0 Å². The molecule has 0 amide bonds. The number of alkyl halides is 4. The zero-order chi connectivity index (χ0) is 20.8. The largest absolute Gasteiger partial charge is 0.457 e. The van der Waals surface area contributed by atoms with Crippen LogP contribution in [0, 0.1) is 17.1 Å². The fraction of sp³-hybridized carbons (Fsp3) is 0.381. The van der Waals surface area contributed by atoms with Gasteiger partial charge in [-0.1, -0.05) is 0 Å². The predicted molar refractivity (Wildman–Crippen MR) is 90.5 cm³/mol. The molecule has 0 bridgehead atoms. The molecule has 150 valence electrons. The van der Waals surface area contributed by atoms with E-state index in [1.54, 1.807) is 6.07 Å². The van der Waals surface area contributed by atoms with E-state index in [9.17, 15) is 27.1 Å². The Kier molecular flexibility index (Phi) is 3.34. The van der Waals surface area contributed by atoms with Crippen LogP contribution >= 0.6 is 0 Å². The molecule has 5 rings (SSSR count). The molecule has 8 heteroatoms. The van der Waals surface area contributed by atoms with Crippen molar-refractivity contribution in [2.45, 2.75) is 48.5 Å². The minimum atomic E-state index is -4.65. The number of rotatable bonds is 2. The lowest BCUT2D eigenvalue weighted by molar-refractivity contribution is -0.289. The first kappa shape index (κ1) is 18.4. The molecular formula is C21H14F5NO2. The van der Waals surface area contributed by atoms with Crippen molar-refractivity contribution in [3.63, 3.8) is 0 Å². The van der Waals surface area contributed by atoms with Gasteiger partial charge in [0.05, 0.1) is 11.6 Å². The van der Waals surface area contributed by atoms with Crippen LogP contribution in [0.5, 0.6) is 11.5 Å². The molecule has 1 fully saturated rings. The van der Waals surface area contributed by atoms with Gasteiger partial charge >= 0.3 is 11.8 Å². The van der Waals surface area contributed by atoms with E-state index in [1.807, 2.05) is 0 Å². The molecule has 3 aliphatic carbocycles. The highest BCUT2D eigenvalue weighted by Crippen LogP contribution is 2.71. The second kappa shape index (κ2) is 5.28. The van der Waals surface area contributed by atoms with Crippen LogP contribution in [0.4, 0.5) is 22.0 Å². The van der Waals surface area contributed by atoms with Gasteiger partial charge in [-0.25, -0.2) is 4.39 Å². The normalized spacial score (nSPS) is 26.7. The van der Waals surface area contributed by atoms with E-state index in [1.165, 1.54) is 6.07 Å². The lowest BCUT2D eigenvalue weighted by Crippen LogP contribution is -2.50. The lowest BCUT2D eigenvalue weighted by atomic mass is 9.71. The zero-order valence-electron chi connectivity index (χ0n) is 14.9. The third-order valence-electron chi connectivity index (χ3n) is 6.41. The molecule has 1 N–H and O–H groups in total. The maximum Gasteiger partial charge on any atom is 0.346 e. The van der Waals surface area contributed by atoms with Crippen molar-refractivity contribution < 1.29 is 31.8 Å². The number of ether oxygens (including phenoxy) is 1. The van der Waals surface area contributed by atoms with E-state index in [4.69, 9.17) is 10.00 Å². The number of benzene rings is 2. The molecule has 0 aliphatic heterocycles. The second-order valence-electron chi connectivity index (χ2n) is 8.04. The summed E-state index contributed by atoms with van der Waals surface area (Å²) in [6, 6.07) is 7.06. The molecule has 1 spiro atoms. The predicted octanol–water partition coefficient (Wildman–Crippen LogP) is 5.24. The lowest BCUT2D eigenvalue weighted by Gasteiger charge is -2.39. The molecule has 3 aliphatic rings. The molecule has 2 aromatic carbocycles. The summed E-state index contributed by atoms with van der Waals surface area (Å²) in [7, 11) is 0. The topological polar surface area (TPSA) is 53.2 Å². The first-order chi connectivity index (χ1) is 13.6. The van der Waals surface area contributed by atoms with E-state index >= 15 is 0 Å².